The molecule has 6 nitrogen and oxygen atoms in total. The van der Waals surface area contributed by atoms with Gasteiger partial charge in [0.1, 0.15) is 24.5 Å². The molecule has 1 saturated carbocycles. The first-order chi connectivity index (χ1) is 13.2. The van der Waals surface area contributed by atoms with E-state index in [1.807, 2.05) is 30.0 Å². The summed E-state index contributed by atoms with van der Waals surface area (Å²) in [5.41, 5.74) is 1.79. The molecule has 0 bridgehead atoms. The van der Waals surface area contributed by atoms with Crippen LogP contribution in [0.1, 0.15) is 42.3 Å². The van der Waals surface area contributed by atoms with Crippen molar-refractivity contribution in [3.8, 4) is 0 Å². The van der Waals surface area contributed by atoms with Crippen LogP contribution < -0.4 is 5.32 Å². The highest BCUT2D eigenvalue weighted by atomic mass is 16.6. The van der Waals surface area contributed by atoms with Gasteiger partial charge >= 0.3 is 6.09 Å². The first-order valence-electron chi connectivity index (χ1n) is 9.94. The van der Waals surface area contributed by atoms with E-state index in [0.717, 1.165) is 37.2 Å². The van der Waals surface area contributed by atoms with Crippen molar-refractivity contribution in [1.82, 2.24) is 9.88 Å². The summed E-state index contributed by atoms with van der Waals surface area (Å²) in [4.78, 5) is 19.6. The van der Waals surface area contributed by atoms with Gasteiger partial charge in [-0.3, -0.25) is 4.90 Å². The molecular formula is C21H26N3O3+. The number of hydrogen-bond acceptors (Lipinski definition) is 4. The largest absolute Gasteiger partial charge is 0.449 e. The van der Waals surface area contributed by atoms with Gasteiger partial charge in [-0.15, -0.1) is 0 Å². The van der Waals surface area contributed by atoms with Gasteiger partial charge in [-0.1, -0.05) is 36.8 Å². The molecule has 3 atom stereocenters. The first-order valence-corrected chi connectivity index (χ1v) is 9.94. The topological polar surface area (TPSA) is 72.2 Å². The lowest BCUT2D eigenvalue weighted by Crippen LogP contribution is -2.95. The summed E-state index contributed by atoms with van der Waals surface area (Å²) < 4.78 is 11.5. The van der Waals surface area contributed by atoms with Gasteiger partial charge in [0.15, 0.2) is 5.89 Å². The second kappa shape index (κ2) is 6.37. The molecule has 3 fully saturated rings. The average Bonchev–Trinajstić information content (AvgIpc) is 3.17. The molecule has 1 aliphatic carbocycles. The summed E-state index contributed by atoms with van der Waals surface area (Å²) in [6.45, 7) is 4.23. The highest BCUT2D eigenvalue weighted by Crippen LogP contribution is 2.50. The van der Waals surface area contributed by atoms with Crippen molar-refractivity contribution in [3.63, 3.8) is 0 Å². The zero-order chi connectivity index (χ0) is 18.4. The van der Waals surface area contributed by atoms with Crippen molar-refractivity contribution in [2.75, 3.05) is 13.1 Å². The summed E-state index contributed by atoms with van der Waals surface area (Å²) in [5.74, 6) is 1.22. The van der Waals surface area contributed by atoms with Crippen LogP contribution in [0.15, 0.2) is 41.0 Å². The van der Waals surface area contributed by atoms with E-state index in [1.54, 1.807) is 6.26 Å². The third kappa shape index (κ3) is 2.57. The fraction of sp³-hybridized carbons (Fsp3) is 0.524. The number of ether oxygens (including phenoxy) is 1. The van der Waals surface area contributed by atoms with Gasteiger partial charge in [-0.2, -0.15) is 0 Å². The van der Waals surface area contributed by atoms with Crippen LogP contribution >= 0.6 is 0 Å². The molecule has 3 unspecified atom stereocenters. The number of carbonyl (C=O) groups is 1. The van der Waals surface area contributed by atoms with Crippen LogP contribution in [-0.4, -0.2) is 40.7 Å². The molecule has 0 radical (unpaired) electrons. The number of rotatable bonds is 4. The second-order valence-electron chi connectivity index (χ2n) is 8.12. The van der Waals surface area contributed by atoms with E-state index in [4.69, 9.17) is 9.15 Å². The molecule has 6 heteroatoms. The van der Waals surface area contributed by atoms with Crippen LogP contribution in [0.3, 0.4) is 0 Å². The number of amides is 1. The van der Waals surface area contributed by atoms with Gasteiger partial charge in [0.05, 0.1) is 24.7 Å². The van der Waals surface area contributed by atoms with Crippen molar-refractivity contribution in [3.05, 3.63) is 53.7 Å². The summed E-state index contributed by atoms with van der Waals surface area (Å²) >= 11 is 0. The van der Waals surface area contributed by atoms with Gasteiger partial charge in [-0.25, -0.2) is 9.78 Å². The molecular weight excluding hydrogens is 342 g/mol. The predicted octanol–water partition coefficient (Wildman–Crippen LogP) is 2.20. The van der Waals surface area contributed by atoms with Crippen LogP contribution in [0.4, 0.5) is 4.79 Å². The number of benzene rings is 1. The molecule has 142 valence electrons. The summed E-state index contributed by atoms with van der Waals surface area (Å²) in [5, 5.41) is 2.34. The van der Waals surface area contributed by atoms with E-state index in [9.17, 15) is 4.79 Å². The number of nitrogens with two attached hydrogens (primary N) is 1. The second-order valence-corrected chi connectivity index (χ2v) is 8.12. The first kappa shape index (κ1) is 16.8. The van der Waals surface area contributed by atoms with Crippen molar-refractivity contribution in [1.29, 1.82) is 0 Å². The lowest BCUT2D eigenvalue weighted by atomic mass is 9.63. The highest BCUT2D eigenvalue weighted by molar-refractivity contribution is 5.72. The lowest BCUT2D eigenvalue weighted by molar-refractivity contribution is -0.680. The van der Waals surface area contributed by atoms with E-state index in [0.29, 0.717) is 18.4 Å². The number of nitrogens with zero attached hydrogens (tertiary/aromatic N) is 2. The van der Waals surface area contributed by atoms with Gasteiger partial charge in [0.2, 0.25) is 0 Å². The van der Waals surface area contributed by atoms with Crippen LogP contribution in [0, 0.1) is 12.8 Å². The fourth-order valence-electron chi connectivity index (χ4n) is 5.20. The summed E-state index contributed by atoms with van der Waals surface area (Å²) in [6, 6.07) is 10.2. The molecule has 3 heterocycles. The van der Waals surface area contributed by atoms with Gasteiger partial charge in [0.25, 0.3) is 0 Å². The van der Waals surface area contributed by atoms with Crippen LogP contribution in [0.25, 0.3) is 0 Å². The van der Waals surface area contributed by atoms with E-state index in [-0.39, 0.29) is 23.7 Å². The van der Waals surface area contributed by atoms with Crippen molar-refractivity contribution < 1.29 is 19.3 Å². The number of piperidine rings is 1. The molecule has 27 heavy (non-hydrogen) atoms. The minimum atomic E-state index is -0.263. The molecule has 2 saturated heterocycles. The number of aromatic nitrogens is 1. The van der Waals surface area contributed by atoms with Crippen LogP contribution in [0.2, 0.25) is 0 Å². The standard InChI is InChI=1S/C21H25N3O3/c1-14-23-18(12-26-14)17-10-22-13-21(16-8-5-9-16)19(17)27-20(25)24(21)11-15-6-3-2-4-7-15/h2-4,6-7,12,16-17,19,22H,5,8-11,13H2,1H3/p+1. The Morgan fingerprint density at radius 2 is 2.11 bits per heavy atom. The Balaban J connectivity index is 1.53. The van der Waals surface area contributed by atoms with E-state index in [2.05, 4.69) is 22.4 Å². The third-order valence-electron chi connectivity index (χ3n) is 6.71. The zero-order valence-corrected chi connectivity index (χ0v) is 15.6. The Morgan fingerprint density at radius 1 is 1.30 bits per heavy atom. The fourth-order valence-corrected chi connectivity index (χ4v) is 5.20. The third-order valence-corrected chi connectivity index (χ3v) is 6.71. The van der Waals surface area contributed by atoms with E-state index < -0.39 is 0 Å². The zero-order valence-electron chi connectivity index (χ0n) is 15.6. The summed E-state index contributed by atoms with van der Waals surface area (Å²) in [6.07, 6.45) is 4.96. The minimum absolute atomic E-state index is 0.0709. The van der Waals surface area contributed by atoms with Crippen molar-refractivity contribution in [2.45, 2.75) is 50.3 Å². The number of hydrogen-bond donors (Lipinski definition) is 1. The van der Waals surface area contributed by atoms with Gasteiger partial charge < -0.3 is 14.5 Å². The Hall–Kier alpha value is -2.34. The Morgan fingerprint density at radius 3 is 2.78 bits per heavy atom. The SMILES string of the molecule is Cc1nc(C2C[NH2+]CC3(C4CCC4)C2OC(=O)N3Cc2ccccc2)co1. The average molecular weight is 368 g/mol. The van der Waals surface area contributed by atoms with E-state index >= 15 is 0 Å². The normalized spacial score (nSPS) is 30.7. The van der Waals surface area contributed by atoms with Gasteiger partial charge in [0, 0.05) is 6.92 Å². The highest BCUT2D eigenvalue weighted by Gasteiger charge is 2.65. The van der Waals surface area contributed by atoms with E-state index in [1.165, 1.54) is 6.42 Å². The molecule has 2 aliphatic heterocycles. The molecule has 1 aromatic heterocycles. The Kier molecular flexibility index (Phi) is 3.97. The molecule has 5 rings (SSSR count). The Bertz CT molecular complexity index is 832. The van der Waals surface area contributed by atoms with Crippen LogP contribution in [-0.2, 0) is 11.3 Å². The molecule has 3 aliphatic rings. The molecule has 2 aromatic rings. The maximum absolute atomic E-state index is 13.0. The number of oxazole rings is 1. The van der Waals surface area contributed by atoms with Crippen molar-refractivity contribution >= 4 is 6.09 Å². The maximum Gasteiger partial charge on any atom is 0.411 e. The van der Waals surface area contributed by atoms with Crippen molar-refractivity contribution in [2.24, 2.45) is 5.92 Å². The lowest BCUT2D eigenvalue weighted by Gasteiger charge is -2.50. The van der Waals surface area contributed by atoms with Gasteiger partial charge in [-0.05, 0) is 24.3 Å². The minimum Gasteiger partial charge on any atom is -0.449 e. The predicted molar refractivity (Wildman–Crippen MR) is 98.0 cm³/mol. The number of carbonyl (C=O) groups excluding carboxylic acids is 1. The number of fused-ring (bicyclic) bond motifs is 1. The molecule has 0 spiro atoms. The molecule has 1 aromatic carbocycles. The smallest absolute Gasteiger partial charge is 0.411 e. The molecule has 1 amide bonds. The number of quaternary nitrogens is 1. The maximum atomic E-state index is 13.0. The monoisotopic (exact) mass is 368 g/mol. The summed E-state index contributed by atoms with van der Waals surface area (Å²) in [7, 11) is 0. The number of aryl methyl sites for hydroxylation is 1. The Labute approximate surface area is 158 Å². The molecule has 2 N–H and O–H groups in total. The quantitative estimate of drug-likeness (QED) is 0.898. The van der Waals surface area contributed by atoms with Crippen LogP contribution in [0.5, 0.6) is 0 Å².